The third-order valence-corrected chi connectivity index (χ3v) is 4.40. The molecule has 2 heterocycles. The van der Waals surface area contributed by atoms with Crippen LogP contribution >= 0.6 is 11.6 Å². The van der Waals surface area contributed by atoms with E-state index in [1.807, 2.05) is 6.07 Å². The summed E-state index contributed by atoms with van der Waals surface area (Å²) in [6.45, 7) is 0.164. The third-order valence-electron chi connectivity index (χ3n) is 4.15. The molecule has 0 saturated carbocycles. The number of hydrogen-bond donors (Lipinski definition) is 1. The summed E-state index contributed by atoms with van der Waals surface area (Å²) in [6.07, 6.45) is 0. The van der Waals surface area contributed by atoms with E-state index in [4.69, 9.17) is 16.3 Å². The van der Waals surface area contributed by atoms with Gasteiger partial charge in [0.05, 0.1) is 5.69 Å². The minimum absolute atomic E-state index is 0.00970. The van der Waals surface area contributed by atoms with Crippen molar-refractivity contribution in [2.24, 2.45) is 0 Å². The number of aromatic nitrogens is 1. The number of nitriles is 1. The Kier molecular flexibility index (Phi) is 3.56. The molecule has 1 aliphatic rings. The second-order valence-electron chi connectivity index (χ2n) is 5.61. The fraction of sp³-hybridized carbons (Fsp3) is 0.0526. The number of aromatic amines is 1. The molecule has 1 aliphatic heterocycles. The van der Waals surface area contributed by atoms with Crippen LogP contribution in [0.3, 0.4) is 0 Å². The van der Waals surface area contributed by atoms with Crippen molar-refractivity contribution in [1.29, 1.82) is 5.26 Å². The normalized spacial score (nSPS) is 11.9. The second-order valence-corrected chi connectivity index (χ2v) is 6.04. The van der Waals surface area contributed by atoms with Crippen LogP contribution in [0.5, 0.6) is 5.75 Å². The average Bonchev–Trinajstić information content (AvgIpc) is 2.61. The maximum atomic E-state index is 13.7. The van der Waals surface area contributed by atoms with E-state index in [0.717, 1.165) is 0 Å². The predicted molar refractivity (Wildman–Crippen MR) is 91.9 cm³/mol. The Hall–Kier alpha value is -3.10. The minimum Gasteiger partial charge on any atom is -0.488 e. The van der Waals surface area contributed by atoms with E-state index in [9.17, 15) is 14.4 Å². The zero-order chi connectivity index (χ0) is 17.6. The van der Waals surface area contributed by atoms with Crippen LogP contribution in [-0.4, -0.2) is 4.98 Å². The summed E-state index contributed by atoms with van der Waals surface area (Å²) in [5, 5.41) is 10.0. The Balaban J connectivity index is 2.07. The number of nitrogens with one attached hydrogen (secondary N) is 1. The van der Waals surface area contributed by atoms with Crippen molar-refractivity contribution in [2.45, 2.75) is 6.61 Å². The van der Waals surface area contributed by atoms with Gasteiger partial charge in [-0.2, -0.15) is 5.26 Å². The number of rotatable bonds is 1. The molecule has 2 aromatic carbocycles. The van der Waals surface area contributed by atoms with Crippen molar-refractivity contribution >= 4 is 11.6 Å². The summed E-state index contributed by atoms with van der Waals surface area (Å²) in [6, 6.07) is 12.9. The van der Waals surface area contributed by atoms with E-state index >= 15 is 0 Å². The maximum Gasteiger partial charge on any atom is 0.266 e. The van der Waals surface area contributed by atoms with Crippen molar-refractivity contribution in [3.8, 4) is 34.2 Å². The van der Waals surface area contributed by atoms with E-state index in [0.29, 0.717) is 38.7 Å². The first-order valence-corrected chi connectivity index (χ1v) is 7.84. The molecule has 0 unspecified atom stereocenters. The number of benzene rings is 2. The van der Waals surface area contributed by atoms with Crippen molar-refractivity contribution in [1.82, 2.24) is 4.98 Å². The number of H-pyrrole nitrogens is 1. The first-order valence-electron chi connectivity index (χ1n) is 7.46. The molecule has 0 aliphatic carbocycles. The van der Waals surface area contributed by atoms with Gasteiger partial charge in [-0.3, -0.25) is 4.79 Å². The molecule has 0 saturated heterocycles. The van der Waals surface area contributed by atoms with Gasteiger partial charge in [0.2, 0.25) is 0 Å². The van der Waals surface area contributed by atoms with Crippen LogP contribution in [0.4, 0.5) is 4.39 Å². The highest BCUT2D eigenvalue weighted by atomic mass is 35.5. The van der Waals surface area contributed by atoms with Gasteiger partial charge in [-0.1, -0.05) is 23.7 Å². The molecule has 1 aromatic heterocycles. The van der Waals surface area contributed by atoms with Gasteiger partial charge in [-0.25, -0.2) is 4.39 Å². The van der Waals surface area contributed by atoms with Gasteiger partial charge in [-0.15, -0.1) is 0 Å². The monoisotopic (exact) mass is 352 g/mol. The lowest BCUT2D eigenvalue weighted by molar-refractivity contribution is 0.301. The number of hydrogen-bond acceptors (Lipinski definition) is 3. The summed E-state index contributed by atoms with van der Waals surface area (Å²) in [7, 11) is 0. The lowest BCUT2D eigenvalue weighted by Crippen LogP contribution is -2.19. The molecule has 0 amide bonds. The van der Waals surface area contributed by atoms with Crippen molar-refractivity contribution in [2.75, 3.05) is 0 Å². The van der Waals surface area contributed by atoms with Crippen molar-refractivity contribution in [3.63, 3.8) is 0 Å². The number of fused-ring (bicyclic) bond motifs is 3. The molecule has 6 heteroatoms. The lowest BCUT2D eigenvalue weighted by atomic mass is 9.91. The van der Waals surface area contributed by atoms with Crippen LogP contribution in [-0.2, 0) is 6.61 Å². The van der Waals surface area contributed by atoms with Gasteiger partial charge >= 0.3 is 0 Å². The zero-order valence-electron chi connectivity index (χ0n) is 12.8. The highest BCUT2D eigenvalue weighted by molar-refractivity contribution is 6.30. The number of ether oxygens (including phenoxy) is 1. The quantitative estimate of drug-likeness (QED) is 0.711. The van der Waals surface area contributed by atoms with E-state index < -0.39 is 11.4 Å². The molecule has 3 aromatic rings. The summed E-state index contributed by atoms with van der Waals surface area (Å²) in [5.41, 5.74) is 2.18. The minimum atomic E-state index is -0.525. The smallest absolute Gasteiger partial charge is 0.266 e. The molecular formula is C19H10ClFN2O2. The Morgan fingerprint density at radius 2 is 1.96 bits per heavy atom. The van der Waals surface area contributed by atoms with Crippen molar-refractivity contribution < 1.29 is 9.13 Å². The molecule has 1 N–H and O–H groups in total. The molecule has 122 valence electrons. The molecule has 25 heavy (non-hydrogen) atoms. The average molecular weight is 353 g/mol. The Morgan fingerprint density at radius 3 is 2.68 bits per heavy atom. The van der Waals surface area contributed by atoms with Gasteiger partial charge in [-0.05, 0) is 35.9 Å². The molecule has 0 radical (unpaired) electrons. The summed E-state index contributed by atoms with van der Waals surface area (Å²) < 4.78 is 19.4. The standard InChI is InChI=1S/C19H10ClFN2O2/c20-11-3-1-10(2-4-11)17-14(8-22)19(24)23-18-13-7-12(21)5-6-16(13)25-9-15(17)18/h1-7H,9H2,(H,23,24). The molecular weight excluding hydrogens is 343 g/mol. The highest BCUT2D eigenvalue weighted by Gasteiger charge is 2.26. The lowest BCUT2D eigenvalue weighted by Gasteiger charge is -2.23. The second kappa shape index (κ2) is 5.76. The van der Waals surface area contributed by atoms with Gasteiger partial charge in [0, 0.05) is 21.7 Å². The Labute approximate surface area is 147 Å². The van der Waals surface area contributed by atoms with Crippen molar-refractivity contribution in [3.05, 3.63) is 74.8 Å². The topological polar surface area (TPSA) is 65.9 Å². The SMILES string of the molecule is N#Cc1c(-c2ccc(Cl)cc2)c2c([nH]c1=O)-c1cc(F)ccc1OC2. The molecule has 0 bridgehead atoms. The number of halogens is 2. The first-order chi connectivity index (χ1) is 12.1. The number of pyridine rings is 1. The van der Waals surface area contributed by atoms with E-state index in [1.54, 1.807) is 24.3 Å². The van der Waals surface area contributed by atoms with E-state index in [2.05, 4.69) is 4.98 Å². The Bertz CT molecular complexity index is 1100. The first kappa shape index (κ1) is 15.4. The molecule has 0 atom stereocenters. The van der Waals surface area contributed by atoms with Gasteiger partial charge in [0.1, 0.15) is 29.8 Å². The molecule has 4 rings (SSSR count). The fourth-order valence-corrected chi connectivity index (χ4v) is 3.16. The van der Waals surface area contributed by atoms with Crippen LogP contribution in [0.25, 0.3) is 22.4 Å². The zero-order valence-corrected chi connectivity index (χ0v) is 13.5. The van der Waals surface area contributed by atoms with Crippen LogP contribution in [0, 0.1) is 17.1 Å². The fourth-order valence-electron chi connectivity index (χ4n) is 3.03. The third kappa shape index (κ3) is 2.48. The molecule has 0 spiro atoms. The molecule has 4 nitrogen and oxygen atoms in total. The van der Waals surface area contributed by atoms with Crippen LogP contribution in [0.2, 0.25) is 5.02 Å². The van der Waals surface area contributed by atoms with Crippen LogP contribution in [0.15, 0.2) is 47.3 Å². The van der Waals surface area contributed by atoms with Gasteiger partial charge < -0.3 is 9.72 Å². The van der Waals surface area contributed by atoms with Crippen LogP contribution < -0.4 is 10.3 Å². The van der Waals surface area contributed by atoms with E-state index in [1.165, 1.54) is 18.2 Å². The van der Waals surface area contributed by atoms with Gasteiger partial charge in [0.15, 0.2) is 0 Å². The molecule has 0 fully saturated rings. The summed E-state index contributed by atoms with van der Waals surface area (Å²) >= 11 is 5.93. The van der Waals surface area contributed by atoms with Crippen LogP contribution in [0.1, 0.15) is 11.1 Å². The number of nitrogens with zero attached hydrogens (tertiary/aromatic N) is 1. The predicted octanol–water partition coefficient (Wildman–Crippen LogP) is 4.27. The maximum absolute atomic E-state index is 13.7. The highest BCUT2D eigenvalue weighted by Crippen LogP contribution is 2.40. The largest absolute Gasteiger partial charge is 0.488 e. The Morgan fingerprint density at radius 1 is 1.20 bits per heavy atom. The summed E-state index contributed by atoms with van der Waals surface area (Å²) in [5.74, 6) is 0.0461. The van der Waals surface area contributed by atoms with Gasteiger partial charge in [0.25, 0.3) is 5.56 Å². The van der Waals surface area contributed by atoms with E-state index in [-0.39, 0.29) is 12.2 Å². The summed E-state index contributed by atoms with van der Waals surface area (Å²) in [4.78, 5) is 15.1.